The van der Waals surface area contributed by atoms with Gasteiger partial charge in [0.15, 0.2) is 11.5 Å². The third-order valence-corrected chi connectivity index (χ3v) is 8.12. The van der Waals surface area contributed by atoms with Gasteiger partial charge in [0.05, 0.1) is 25.3 Å². The van der Waals surface area contributed by atoms with Crippen LogP contribution in [0.4, 0.5) is 0 Å². The zero-order valence-corrected chi connectivity index (χ0v) is 22.1. The van der Waals surface area contributed by atoms with Gasteiger partial charge in [0.1, 0.15) is 11.4 Å². The Labute approximate surface area is 222 Å². The second kappa shape index (κ2) is 10.4. The van der Waals surface area contributed by atoms with Crippen molar-refractivity contribution in [2.24, 2.45) is 0 Å². The Balaban J connectivity index is 1.43. The average Bonchev–Trinajstić information content (AvgIpc) is 3.49. The van der Waals surface area contributed by atoms with E-state index in [4.69, 9.17) is 21.1 Å². The molecule has 2 aromatic carbocycles. The fourth-order valence-electron chi connectivity index (χ4n) is 4.75. The molecule has 2 aromatic heterocycles. The van der Waals surface area contributed by atoms with Crippen molar-refractivity contribution in [3.63, 3.8) is 0 Å². The van der Waals surface area contributed by atoms with E-state index in [1.807, 2.05) is 18.2 Å². The molecule has 0 radical (unpaired) electrons. The van der Waals surface area contributed by atoms with E-state index in [0.717, 1.165) is 39.8 Å². The summed E-state index contributed by atoms with van der Waals surface area (Å²) in [6, 6.07) is 12.1. The third kappa shape index (κ3) is 4.76. The first-order valence-corrected chi connectivity index (χ1v) is 13.1. The number of hydrogen-bond donors (Lipinski definition) is 1. The number of amides is 1. The molecule has 1 amide bonds. The van der Waals surface area contributed by atoms with Gasteiger partial charge in [-0.25, -0.2) is 9.36 Å². The molecule has 0 atom stereocenters. The Bertz CT molecular complexity index is 1600. The molecule has 37 heavy (non-hydrogen) atoms. The molecule has 0 saturated heterocycles. The minimum atomic E-state index is -0.546. The molecule has 10 heteroatoms. The first kappa shape index (κ1) is 25.1. The number of ether oxygens (including phenoxy) is 2. The Morgan fingerprint density at radius 1 is 1.05 bits per heavy atom. The molecule has 4 aromatic rings. The highest BCUT2D eigenvalue weighted by molar-refractivity contribution is 7.19. The van der Waals surface area contributed by atoms with Crippen molar-refractivity contribution in [3.8, 4) is 17.2 Å². The Kier molecular flexibility index (Phi) is 7.08. The summed E-state index contributed by atoms with van der Waals surface area (Å²) in [6.07, 6.45) is 3.23. The molecule has 1 aliphatic rings. The Hall–Kier alpha value is -3.56. The Morgan fingerprint density at radius 3 is 2.54 bits per heavy atom. The largest absolute Gasteiger partial charge is 0.493 e. The lowest BCUT2D eigenvalue weighted by Gasteiger charge is -2.13. The van der Waals surface area contributed by atoms with Crippen molar-refractivity contribution >= 4 is 39.1 Å². The molecular formula is C27H26ClN3O5S. The van der Waals surface area contributed by atoms with Crippen LogP contribution < -0.4 is 26.0 Å². The van der Waals surface area contributed by atoms with Crippen LogP contribution in [0.1, 0.15) is 22.4 Å². The number of thiophene rings is 1. The normalized spacial score (nSPS) is 12.5. The molecule has 8 nitrogen and oxygen atoms in total. The van der Waals surface area contributed by atoms with Crippen LogP contribution in [0.25, 0.3) is 15.9 Å². The standard InChI is InChI=1S/C27H26ClN3O5S/c1-35-20-11-6-16(14-21(20)36-2)12-13-29-23(32)15-30-26-24(19-4-3-5-22(19)37-26)25(33)31(27(30)34)18-9-7-17(28)8-10-18/h6-11,14H,3-5,12-13,15H2,1-2H3,(H,29,32). The number of aromatic nitrogens is 2. The molecule has 1 aliphatic carbocycles. The zero-order valence-electron chi connectivity index (χ0n) is 20.5. The zero-order chi connectivity index (χ0) is 26.1. The van der Waals surface area contributed by atoms with Gasteiger partial charge < -0.3 is 14.8 Å². The minimum absolute atomic E-state index is 0.186. The topological polar surface area (TPSA) is 91.6 Å². The molecule has 0 saturated carbocycles. The number of rotatable bonds is 8. The number of nitrogens with one attached hydrogen (secondary N) is 1. The lowest BCUT2D eigenvalue weighted by Crippen LogP contribution is -2.41. The van der Waals surface area contributed by atoms with Gasteiger partial charge >= 0.3 is 5.69 Å². The molecule has 0 fully saturated rings. The molecule has 5 rings (SSSR count). The maximum atomic E-state index is 13.6. The van der Waals surface area contributed by atoms with Crippen LogP contribution in [-0.4, -0.2) is 35.8 Å². The number of hydrogen-bond acceptors (Lipinski definition) is 6. The van der Waals surface area contributed by atoms with E-state index in [0.29, 0.717) is 45.4 Å². The van der Waals surface area contributed by atoms with Gasteiger partial charge in [-0.1, -0.05) is 17.7 Å². The summed E-state index contributed by atoms with van der Waals surface area (Å²) in [4.78, 5) is 41.7. The van der Waals surface area contributed by atoms with Crippen molar-refractivity contribution in [1.82, 2.24) is 14.5 Å². The van der Waals surface area contributed by atoms with Crippen molar-refractivity contribution in [1.29, 1.82) is 0 Å². The molecule has 0 aliphatic heterocycles. The lowest BCUT2D eigenvalue weighted by atomic mass is 10.1. The van der Waals surface area contributed by atoms with Crippen molar-refractivity contribution in [2.45, 2.75) is 32.2 Å². The highest BCUT2D eigenvalue weighted by Crippen LogP contribution is 2.35. The second-order valence-electron chi connectivity index (χ2n) is 8.81. The fourth-order valence-corrected chi connectivity index (χ4v) is 6.24. The van der Waals surface area contributed by atoms with E-state index in [1.54, 1.807) is 38.5 Å². The second-order valence-corrected chi connectivity index (χ2v) is 10.3. The average molecular weight is 540 g/mol. The van der Waals surface area contributed by atoms with Crippen LogP contribution >= 0.6 is 22.9 Å². The lowest BCUT2D eigenvalue weighted by molar-refractivity contribution is -0.121. The predicted octanol–water partition coefficient (Wildman–Crippen LogP) is 3.73. The predicted molar refractivity (Wildman–Crippen MR) is 145 cm³/mol. The third-order valence-electron chi connectivity index (χ3n) is 6.56. The molecule has 0 unspecified atom stereocenters. The van der Waals surface area contributed by atoms with Gasteiger partial charge in [-0.3, -0.25) is 14.2 Å². The van der Waals surface area contributed by atoms with Crippen LogP contribution in [0.3, 0.4) is 0 Å². The molecule has 192 valence electrons. The van der Waals surface area contributed by atoms with Crippen molar-refractivity contribution < 1.29 is 14.3 Å². The smallest absolute Gasteiger partial charge is 0.337 e. The number of carbonyl (C=O) groups is 1. The number of benzene rings is 2. The highest BCUT2D eigenvalue weighted by Gasteiger charge is 2.25. The maximum Gasteiger partial charge on any atom is 0.337 e. The summed E-state index contributed by atoms with van der Waals surface area (Å²) in [5.74, 6) is 0.951. The SMILES string of the molecule is COc1ccc(CCNC(=O)Cn2c(=O)n(-c3ccc(Cl)cc3)c(=O)c3c4c(sc32)CCC4)cc1OC. The summed E-state index contributed by atoms with van der Waals surface area (Å²) in [5.41, 5.74) is 1.49. The quantitative estimate of drug-likeness (QED) is 0.368. The van der Waals surface area contributed by atoms with E-state index >= 15 is 0 Å². The van der Waals surface area contributed by atoms with E-state index in [2.05, 4.69) is 5.32 Å². The monoisotopic (exact) mass is 539 g/mol. The van der Waals surface area contributed by atoms with Gasteiger partial charge in [-0.05, 0) is 73.2 Å². The van der Waals surface area contributed by atoms with Crippen LogP contribution in [0.5, 0.6) is 11.5 Å². The highest BCUT2D eigenvalue weighted by atomic mass is 35.5. The van der Waals surface area contributed by atoms with Crippen LogP contribution in [0.15, 0.2) is 52.1 Å². The van der Waals surface area contributed by atoms with Gasteiger partial charge in [-0.15, -0.1) is 11.3 Å². The number of fused-ring (bicyclic) bond motifs is 3. The van der Waals surface area contributed by atoms with Gasteiger partial charge in [0.2, 0.25) is 5.91 Å². The summed E-state index contributed by atoms with van der Waals surface area (Å²) >= 11 is 7.46. The van der Waals surface area contributed by atoms with E-state index < -0.39 is 5.69 Å². The molecule has 2 heterocycles. The van der Waals surface area contributed by atoms with Crippen molar-refractivity contribution in [3.05, 3.63) is 84.3 Å². The number of halogens is 1. The Morgan fingerprint density at radius 2 is 1.81 bits per heavy atom. The van der Waals surface area contributed by atoms with Crippen LogP contribution in [-0.2, 0) is 30.6 Å². The van der Waals surface area contributed by atoms with Gasteiger partial charge in [-0.2, -0.15) is 0 Å². The van der Waals surface area contributed by atoms with E-state index in [-0.39, 0.29) is 18.0 Å². The minimum Gasteiger partial charge on any atom is -0.493 e. The first-order valence-electron chi connectivity index (χ1n) is 11.9. The molecular weight excluding hydrogens is 514 g/mol. The van der Waals surface area contributed by atoms with Crippen LogP contribution in [0, 0.1) is 0 Å². The molecule has 0 spiro atoms. The fraction of sp³-hybridized carbons (Fsp3) is 0.296. The van der Waals surface area contributed by atoms with Gasteiger partial charge in [0, 0.05) is 16.4 Å². The number of carbonyl (C=O) groups excluding carboxylic acids is 1. The molecule has 0 bridgehead atoms. The first-order chi connectivity index (χ1) is 17.9. The van der Waals surface area contributed by atoms with E-state index in [1.165, 1.54) is 15.9 Å². The summed E-state index contributed by atoms with van der Waals surface area (Å²) in [6.45, 7) is 0.193. The number of nitrogens with zero attached hydrogens (tertiary/aromatic N) is 2. The summed E-state index contributed by atoms with van der Waals surface area (Å²) in [7, 11) is 3.15. The van der Waals surface area contributed by atoms with Crippen LogP contribution in [0.2, 0.25) is 5.02 Å². The maximum absolute atomic E-state index is 13.6. The number of aryl methyl sites for hydroxylation is 2. The van der Waals surface area contributed by atoms with Crippen molar-refractivity contribution in [2.75, 3.05) is 20.8 Å². The van der Waals surface area contributed by atoms with E-state index in [9.17, 15) is 14.4 Å². The molecule has 1 N–H and O–H groups in total. The van der Waals surface area contributed by atoms with Gasteiger partial charge in [0.25, 0.3) is 5.56 Å². The summed E-state index contributed by atoms with van der Waals surface area (Å²) < 4.78 is 13.2. The summed E-state index contributed by atoms with van der Waals surface area (Å²) in [5, 5.41) is 3.93. The number of methoxy groups -OCH3 is 2.